The Morgan fingerprint density at radius 3 is 1.35 bits per heavy atom. The van der Waals surface area contributed by atoms with E-state index in [0.29, 0.717) is 54.3 Å². The minimum absolute atomic E-state index is 0.306. The van der Waals surface area contributed by atoms with Crippen molar-refractivity contribution in [3.8, 4) is 23.0 Å². The highest BCUT2D eigenvalue weighted by atomic mass is 17.2. The van der Waals surface area contributed by atoms with Gasteiger partial charge in [-0.2, -0.15) is 9.78 Å². The maximum atomic E-state index is 6.57. The van der Waals surface area contributed by atoms with Crippen LogP contribution < -0.4 is 9.47 Å². The molecule has 7 unspecified atom stereocenters. The van der Waals surface area contributed by atoms with Gasteiger partial charge in [-0.25, -0.2) is 9.78 Å². The predicted octanol–water partition coefficient (Wildman–Crippen LogP) is 10.9. The zero-order valence-electron chi connectivity index (χ0n) is 32.2. The number of benzene rings is 3. The van der Waals surface area contributed by atoms with Crippen LogP contribution in [0, 0.1) is 47.3 Å². The maximum absolute atomic E-state index is 6.57. The van der Waals surface area contributed by atoms with E-state index in [1.165, 1.54) is 38.5 Å². The van der Waals surface area contributed by atoms with Crippen molar-refractivity contribution in [2.24, 2.45) is 47.3 Å². The maximum Gasteiger partial charge on any atom is 0.207 e. The molecule has 6 aliphatic carbocycles. The standard InChI is InChI=1S/C47H54O8/c1-28-17-32-19-29(2)46(37(18-28)21-32)48-26-44(52-54-46)30(3)35-5-9-40(10-6-35)50-42-13-15-43(16-14-42)51-41-11-7-36(8-12-41)31(4)45-27-49-47(55-53-45)38-22-33-20-34(24-38)25-39(47)23-33/h5-16,28-29,32-34,37-39,44-45H,3-4,17-27H2,1-2H3. The van der Waals surface area contributed by atoms with E-state index in [0.717, 1.165) is 70.8 Å². The van der Waals surface area contributed by atoms with Crippen molar-refractivity contribution in [1.29, 1.82) is 0 Å². The van der Waals surface area contributed by atoms with E-state index in [4.69, 9.17) is 38.5 Å². The van der Waals surface area contributed by atoms with Crippen molar-refractivity contribution in [1.82, 2.24) is 0 Å². The van der Waals surface area contributed by atoms with Crippen molar-refractivity contribution < 1.29 is 38.5 Å². The topological polar surface area (TPSA) is 73.8 Å². The minimum Gasteiger partial charge on any atom is -0.457 e. The number of ether oxygens (including phenoxy) is 4. The fourth-order valence-electron chi connectivity index (χ4n) is 11.7. The van der Waals surface area contributed by atoms with Gasteiger partial charge in [0.2, 0.25) is 11.6 Å². The van der Waals surface area contributed by atoms with Crippen LogP contribution in [0.2, 0.25) is 0 Å². The van der Waals surface area contributed by atoms with E-state index in [1.807, 2.05) is 72.8 Å². The molecule has 55 heavy (non-hydrogen) atoms. The first-order valence-electron chi connectivity index (χ1n) is 20.7. The van der Waals surface area contributed by atoms with Gasteiger partial charge in [-0.3, -0.25) is 0 Å². The van der Waals surface area contributed by atoms with Crippen LogP contribution >= 0.6 is 0 Å². The summed E-state index contributed by atoms with van der Waals surface area (Å²) in [4.78, 5) is 24.5. The van der Waals surface area contributed by atoms with Gasteiger partial charge >= 0.3 is 0 Å². The third kappa shape index (κ3) is 6.57. The molecule has 2 spiro atoms. The monoisotopic (exact) mass is 746 g/mol. The molecule has 2 aliphatic heterocycles. The van der Waals surface area contributed by atoms with Gasteiger partial charge < -0.3 is 18.9 Å². The average molecular weight is 747 g/mol. The molecule has 3 aromatic rings. The Morgan fingerprint density at radius 2 is 0.909 bits per heavy atom. The molecule has 6 bridgehead atoms. The van der Waals surface area contributed by atoms with E-state index in [2.05, 4.69) is 27.0 Å². The second kappa shape index (κ2) is 14.2. The summed E-state index contributed by atoms with van der Waals surface area (Å²) in [7, 11) is 0. The molecule has 2 saturated heterocycles. The molecule has 0 aromatic heterocycles. The first kappa shape index (κ1) is 35.9. The summed E-state index contributed by atoms with van der Waals surface area (Å²) < 4.78 is 25.4. The van der Waals surface area contributed by atoms with Gasteiger partial charge in [0.15, 0.2) is 0 Å². The van der Waals surface area contributed by atoms with Crippen LogP contribution in [-0.2, 0) is 29.0 Å². The summed E-state index contributed by atoms with van der Waals surface area (Å²) in [5.74, 6) is 6.39. The van der Waals surface area contributed by atoms with Crippen molar-refractivity contribution in [2.45, 2.75) is 95.4 Å². The Morgan fingerprint density at radius 1 is 0.509 bits per heavy atom. The molecular formula is C47H54O8. The van der Waals surface area contributed by atoms with E-state index >= 15 is 0 Å². The molecule has 3 aromatic carbocycles. The van der Waals surface area contributed by atoms with Gasteiger partial charge in [-0.05, 0) is 152 Å². The highest BCUT2D eigenvalue weighted by Crippen LogP contribution is 2.61. The van der Waals surface area contributed by atoms with Crippen LogP contribution in [0.25, 0.3) is 11.1 Å². The van der Waals surface area contributed by atoms with Crippen LogP contribution in [0.5, 0.6) is 23.0 Å². The number of hydrogen-bond acceptors (Lipinski definition) is 8. The summed E-state index contributed by atoms with van der Waals surface area (Å²) >= 11 is 0. The zero-order valence-corrected chi connectivity index (χ0v) is 32.2. The lowest BCUT2D eigenvalue weighted by atomic mass is 9.53. The predicted molar refractivity (Wildman–Crippen MR) is 208 cm³/mol. The molecule has 8 fully saturated rings. The summed E-state index contributed by atoms with van der Waals surface area (Å²) in [6, 6.07) is 23.4. The molecule has 6 saturated carbocycles. The number of rotatable bonds is 8. The summed E-state index contributed by atoms with van der Waals surface area (Å²) in [6.45, 7) is 14.2. The van der Waals surface area contributed by atoms with Crippen molar-refractivity contribution >= 4 is 11.1 Å². The first-order chi connectivity index (χ1) is 26.7. The van der Waals surface area contributed by atoms with Crippen LogP contribution in [0.3, 0.4) is 0 Å². The Hall–Kier alpha value is -3.50. The van der Waals surface area contributed by atoms with E-state index in [9.17, 15) is 0 Å². The third-order valence-corrected chi connectivity index (χ3v) is 14.3. The molecule has 0 radical (unpaired) electrons. The first-order valence-corrected chi connectivity index (χ1v) is 20.7. The van der Waals surface area contributed by atoms with Crippen LogP contribution in [-0.4, -0.2) is 37.0 Å². The highest BCUT2D eigenvalue weighted by Gasteiger charge is 2.62. The van der Waals surface area contributed by atoms with Crippen LogP contribution in [0.15, 0.2) is 86.0 Å². The average Bonchev–Trinajstić information content (AvgIpc) is 3.20. The van der Waals surface area contributed by atoms with E-state index < -0.39 is 11.6 Å². The normalized spacial score (nSPS) is 38.9. The number of hydrogen-bond donors (Lipinski definition) is 0. The Balaban J connectivity index is 0.698. The number of fused-ring (bicyclic) bond motifs is 3. The lowest BCUT2D eigenvalue weighted by Crippen LogP contribution is -2.63. The molecule has 7 atom stereocenters. The fourth-order valence-corrected chi connectivity index (χ4v) is 11.7. The quantitative estimate of drug-likeness (QED) is 0.211. The zero-order chi connectivity index (χ0) is 37.3. The Bertz CT molecular complexity index is 1840. The minimum atomic E-state index is -0.644. The van der Waals surface area contributed by atoms with Crippen LogP contribution in [0.1, 0.15) is 82.8 Å². The molecule has 8 aliphatic rings. The highest BCUT2D eigenvalue weighted by molar-refractivity contribution is 5.68. The molecule has 2 heterocycles. The van der Waals surface area contributed by atoms with Gasteiger partial charge in [0.25, 0.3) is 0 Å². The lowest BCUT2D eigenvalue weighted by Gasteiger charge is -2.60. The van der Waals surface area contributed by atoms with Gasteiger partial charge in [-0.15, -0.1) is 0 Å². The molecular weight excluding hydrogens is 693 g/mol. The molecule has 11 rings (SSSR count). The van der Waals surface area contributed by atoms with Crippen LogP contribution in [0.4, 0.5) is 0 Å². The van der Waals surface area contributed by atoms with E-state index in [-0.39, 0.29) is 12.2 Å². The Kier molecular flexibility index (Phi) is 9.23. The largest absolute Gasteiger partial charge is 0.457 e. The second-order valence-electron chi connectivity index (χ2n) is 18.0. The molecule has 8 heteroatoms. The molecule has 0 N–H and O–H groups in total. The second-order valence-corrected chi connectivity index (χ2v) is 18.0. The third-order valence-electron chi connectivity index (χ3n) is 14.3. The molecule has 0 amide bonds. The van der Waals surface area contributed by atoms with Gasteiger partial charge in [0.1, 0.15) is 35.2 Å². The van der Waals surface area contributed by atoms with Gasteiger partial charge in [0, 0.05) is 23.7 Å². The smallest absolute Gasteiger partial charge is 0.207 e. The summed E-state index contributed by atoms with van der Waals surface area (Å²) in [6.07, 6.45) is 10.2. The van der Waals surface area contributed by atoms with Gasteiger partial charge in [0.05, 0.1) is 13.2 Å². The summed E-state index contributed by atoms with van der Waals surface area (Å²) in [5, 5.41) is 0. The Labute approximate surface area is 324 Å². The molecule has 290 valence electrons. The lowest BCUT2D eigenvalue weighted by molar-refractivity contribution is -0.517. The van der Waals surface area contributed by atoms with Crippen molar-refractivity contribution in [3.63, 3.8) is 0 Å². The van der Waals surface area contributed by atoms with Gasteiger partial charge in [-0.1, -0.05) is 51.3 Å². The van der Waals surface area contributed by atoms with Crippen molar-refractivity contribution in [3.05, 3.63) is 97.1 Å². The van der Waals surface area contributed by atoms with Crippen molar-refractivity contribution in [2.75, 3.05) is 13.2 Å². The van der Waals surface area contributed by atoms with E-state index in [1.54, 1.807) is 0 Å². The SMILES string of the molecule is C=C(c1ccc(Oc2ccc(Oc3ccc(C(=C)C4COC5(OO4)C4CC6CC(C4)CC5C6)cc3)cc2)cc1)C1COC2(OO1)C(C)CC1CC(C)CC2C1. The fraction of sp³-hybridized carbons (Fsp3) is 0.532. The molecule has 8 nitrogen and oxygen atoms in total. The summed E-state index contributed by atoms with van der Waals surface area (Å²) in [5.41, 5.74) is 3.60.